The molecule has 1 heterocycles. The van der Waals surface area contributed by atoms with Gasteiger partial charge < -0.3 is 15.5 Å². The molecule has 0 saturated carbocycles. The topological polar surface area (TPSA) is 32.5 Å². The molecule has 0 atom stereocenters. The average Bonchev–Trinajstić information content (AvgIpc) is 2.36. The molecule has 1 aromatic rings. The summed E-state index contributed by atoms with van der Waals surface area (Å²) in [6, 6.07) is 4.21. The molecule has 2 N–H and O–H groups in total. The second-order valence-electron chi connectivity index (χ2n) is 4.53. The van der Waals surface area contributed by atoms with E-state index in [1.165, 1.54) is 5.69 Å². The number of nitrogens with two attached hydrogens (primary N) is 1. The first-order valence-electron chi connectivity index (χ1n) is 6.15. The second-order valence-corrected chi connectivity index (χ2v) is 5.38. The van der Waals surface area contributed by atoms with Crippen LogP contribution in [0.25, 0.3) is 0 Å². The summed E-state index contributed by atoms with van der Waals surface area (Å²) in [5.41, 5.74) is 9.42. The summed E-state index contributed by atoms with van der Waals surface area (Å²) in [6.45, 7) is 9.82. The summed E-state index contributed by atoms with van der Waals surface area (Å²) in [6.07, 6.45) is 0. The van der Waals surface area contributed by atoms with Crippen LogP contribution in [0.2, 0.25) is 0 Å². The molecule has 1 aliphatic rings. The Hall–Kier alpha value is -0.740. The molecule has 0 aliphatic carbocycles. The number of piperazine rings is 1. The summed E-state index contributed by atoms with van der Waals surface area (Å²) < 4.78 is 1.09. The second kappa shape index (κ2) is 5.27. The quantitative estimate of drug-likeness (QED) is 0.851. The van der Waals surface area contributed by atoms with Crippen molar-refractivity contribution in [3.8, 4) is 0 Å². The van der Waals surface area contributed by atoms with E-state index in [9.17, 15) is 0 Å². The van der Waals surface area contributed by atoms with Crippen LogP contribution in [0.4, 0.5) is 11.4 Å². The van der Waals surface area contributed by atoms with Crippen LogP contribution < -0.4 is 10.6 Å². The van der Waals surface area contributed by atoms with E-state index in [4.69, 9.17) is 5.73 Å². The predicted molar refractivity (Wildman–Crippen MR) is 77.6 cm³/mol. The first-order chi connectivity index (χ1) is 8.13. The third-order valence-corrected chi connectivity index (χ3v) is 4.45. The molecule has 1 aromatic carbocycles. The maximum absolute atomic E-state index is 6.20. The maximum atomic E-state index is 6.20. The summed E-state index contributed by atoms with van der Waals surface area (Å²) in [7, 11) is 0. The highest BCUT2D eigenvalue weighted by molar-refractivity contribution is 9.10. The van der Waals surface area contributed by atoms with Crippen molar-refractivity contribution in [3.05, 3.63) is 22.2 Å². The Morgan fingerprint density at radius 1 is 1.24 bits per heavy atom. The summed E-state index contributed by atoms with van der Waals surface area (Å²) >= 11 is 3.52. The standard InChI is InChI=1S/C13H20BrN3/c1-3-16-6-8-17(9-7-16)12-5-4-11(14)10(2)13(12)15/h4-5H,3,6-9,15H2,1-2H3. The van der Waals surface area contributed by atoms with Crippen LogP contribution in [-0.4, -0.2) is 37.6 Å². The van der Waals surface area contributed by atoms with E-state index in [1.54, 1.807) is 0 Å². The lowest BCUT2D eigenvalue weighted by atomic mass is 10.1. The van der Waals surface area contributed by atoms with E-state index in [0.717, 1.165) is 48.4 Å². The molecule has 0 amide bonds. The highest BCUT2D eigenvalue weighted by Gasteiger charge is 2.18. The average molecular weight is 298 g/mol. The van der Waals surface area contributed by atoms with Crippen molar-refractivity contribution in [2.24, 2.45) is 0 Å². The smallest absolute Gasteiger partial charge is 0.0604 e. The zero-order valence-electron chi connectivity index (χ0n) is 10.5. The normalized spacial score (nSPS) is 17.5. The third kappa shape index (κ3) is 2.58. The molecule has 0 aromatic heterocycles. The lowest BCUT2D eigenvalue weighted by Crippen LogP contribution is -2.46. The first kappa shape index (κ1) is 12.7. The van der Waals surface area contributed by atoms with E-state index in [-0.39, 0.29) is 0 Å². The number of likely N-dealkylation sites (N-methyl/N-ethyl adjacent to an activating group) is 1. The van der Waals surface area contributed by atoms with Gasteiger partial charge in [0.2, 0.25) is 0 Å². The molecule has 1 saturated heterocycles. The number of nitrogens with zero attached hydrogens (tertiary/aromatic N) is 2. The third-order valence-electron chi connectivity index (χ3n) is 3.59. The van der Waals surface area contributed by atoms with Crippen LogP contribution in [0.15, 0.2) is 16.6 Å². The molecule has 0 radical (unpaired) electrons. The van der Waals surface area contributed by atoms with Crippen LogP contribution in [0.5, 0.6) is 0 Å². The van der Waals surface area contributed by atoms with Crippen LogP contribution in [-0.2, 0) is 0 Å². The van der Waals surface area contributed by atoms with Crippen molar-refractivity contribution in [3.63, 3.8) is 0 Å². The van der Waals surface area contributed by atoms with Crippen molar-refractivity contribution < 1.29 is 0 Å². The molecule has 4 heteroatoms. The molecule has 94 valence electrons. The lowest BCUT2D eigenvalue weighted by Gasteiger charge is -2.36. The molecule has 17 heavy (non-hydrogen) atoms. The lowest BCUT2D eigenvalue weighted by molar-refractivity contribution is 0.271. The summed E-state index contributed by atoms with van der Waals surface area (Å²) in [4.78, 5) is 4.86. The van der Waals surface area contributed by atoms with Gasteiger partial charge in [-0.3, -0.25) is 0 Å². The maximum Gasteiger partial charge on any atom is 0.0604 e. The molecule has 3 nitrogen and oxygen atoms in total. The van der Waals surface area contributed by atoms with Gasteiger partial charge in [0.25, 0.3) is 0 Å². The molecule has 0 spiro atoms. The number of nitrogen functional groups attached to an aromatic ring is 1. The summed E-state index contributed by atoms with van der Waals surface area (Å²) in [5.74, 6) is 0. The first-order valence-corrected chi connectivity index (χ1v) is 6.94. The van der Waals surface area contributed by atoms with Crippen molar-refractivity contribution >= 4 is 27.3 Å². The fourth-order valence-corrected chi connectivity index (χ4v) is 2.61. The van der Waals surface area contributed by atoms with E-state index < -0.39 is 0 Å². The Balaban J connectivity index is 2.16. The molecule has 0 unspecified atom stereocenters. The molecule has 1 aliphatic heterocycles. The van der Waals surface area contributed by atoms with Gasteiger partial charge in [-0.15, -0.1) is 0 Å². The Labute approximate surface area is 112 Å². The van der Waals surface area contributed by atoms with Gasteiger partial charge in [-0.25, -0.2) is 0 Å². The highest BCUT2D eigenvalue weighted by atomic mass is 79.9. The number of benzene rings is 1. The van der Waals surface area contributed by atoms with Crippen LogP contribution in [0.3, 0.4) is 0 Å². The van der Waals surface area contributed by atoms with E-state index in [0.29, 0.717) is 0 Å². The number of anilines is 2. The van der Waals surface area contributed by atoms with Crippen molar-refractivity contribution in [1.82, 2.24) is 4.90 Å². The zero-order chi connectivity index (χ0) is 12.4. The zero-order valence-corrected chi connectivity index (χ0v) is 12.1. The van der Waals surface area contributed by atoms with E-state index in [1.807, 2.05) is 0 Å². The van der Waals surface area contributed by atoms with Gasteiger partial charge in [-0.2, -0.15) is 0 Å². The number of halogens is 1. The largest absolute Gasteiger partial charge is 0.397 e. The molecule has 0 bridgehead atoms. The van der Waals surface area contributed by atoms with Crippen molar-refractivity contribution in [1.29, 1.82) is 0 Å². The molecule has 1 fully saturated rings. The van der Waals surface area contributed by atoms with Crippen LogP contribution in [0.1, 0.15) is 12.5 Å². The van der Waals surface area contributed by atoms with Crippen LogP contribution >= 0.6 is 15.9 Å². The van der Waals surface area contributed by atoms with Crippen molar-refractivity contribution in [2.45, 2.75) is 13.8 Å². The molecular weight excluding hydrogens is 278 g/mol. The van der Waals surface area contributed by atoms with Gasteiger partial charge in [0, 0.05) is 30.7 Å². The van der Waals surface area contributed by atoms with E-state index in [2.05, 4.69) is 51.7 Å². The van der Waals surface area contributed by atoms with Gasteiger partial charge in [0.15, 0.2) is 0 Å². The van der Waals surface area contributed by atoms with Crippen molar-refractivity contribution in [2.75, 3.05) is 43.4 Å². The Morgan fingerprint density at radius 3 is 2.47 bits per heavy atom. The SMILES string of the molecule is CCN1CCN(c2ccc(Br)c(C)c2N)CC1. The van der Waals surface area contributed by atoms with Crippen LogP contribution in [0, 0.1) is 6.92 Å². The Bertz CT molecular complexity index is 398. The summed E-state index contributed by atoms with van der Waals surface area (Å²) in [5, 5.41) is 0. The minimum atomic E-state index is 0.907. The predicted octanol–water partition coefficient (Wildman–Crippen LogP) is 2.48. The van der Waals surface area contributed by atoms with Gasteiger partial charge in [0.1, 0.15) is 0 Å². The van der Waals surface area contributed by atoms with Gasteiger partial charge in [-0.1, -0.05) is 22.9 Å². The number of rotatable bonds is 2. The monoisotopic (exact) mass is 297 g/mol. The highest BCUT2D eigenvalue weighted by Crippen LogP contribution is 2.32. The Morgan fingerprint density at radius 2 is 1.88 bits per heavy atom. The molecule has 2 rings (SSSR count). The number of hydrogen-bond donors (Lipinski definition) is 1. The molecular formula is C13H20BrN3. The van der Waals surface area contributed by atoms with Gasteiger partial charge in [-0.05, 0) is 31.2 Å². The fourth-order valence-electron chi connectivity index (χ4n) is 2.27. The van der Waals surface area contributed by atoms with E-state index >= 15 is 0 Å². The Kier molecular flexibility index (Phi) is 3.94. The minimum Gasteiger partial charge on any atom is -0.397 e. The van der Waals surface area contributed by atoms with Gasteiger partial charge >= 0.3 is 0 Å². The fraction of sp³-hybridized carbons (Fsp3) is 0.538. The van der Waals surface area contributed by atoms with Gasteiger partial charge in [0.05, 0.1) is 11.4 Å². The number of hydrogen-bond acceptors (Lipinski definition) is 3. The minimum absolute atomic E-state index is 0.907.